The van der Waals surface area contributed by atoms with Crippen molar-refractivity contribution in [2.24, 2.45) is 5.92 Å². The van der Waals surface area contributed by atoms with E-state index in [-0.39, 0.29) is 17.7 Å². The molecule has 0 unspecified atom stereocenters. The number of likely N-dealkylation sites (tertiary alicyclic amines) is 1. The molecule has 4 nitrogen and oxygen atoms in total. The van der Waals surface area contributed by atoms with Crippen LogP contribution >= 0.6 is 11.6 Å². The van der Waals surface area contributed by atoms with Crippen LogP contribution in [0.15, 0.2) is 48.5 Å². The summed E-state index contributed by atoms with van der Waals surface area (Å²) in [6.45, 7) is 3.81. The van der Waals surface area contributed by atoms with Crippen molar-refractivity contribution in [1.29, 1.82) is 0 Å². The number of halogens is 1. The monoisotopic (exact) mass is 384 g/mol. The van der Waals surface area contributed by atoms with Crippen LogP contribution in [0.1, 0.15) is 34.3 Å². The van der Waals surface area contributed by atoms with E-state index in [1.54, 1.807) is 29.2 Å². The van der Waals surface area contributed by atoms with Gasteiger partial charge in [-0.1, -0.05) is 47.5 Å². The molecule has 2 aromatic rings. The summed E-state index contributed by atoms with van der Waals surface area (Å²) in [5, 5.41) is 3.57. The number of benzene rings is 2. The van der Waals surface area contributed by atoms with Gasteiger partial charge >= 0.3 is 0 Å². The van der Waals surface area contributed by atoms with Gasteiger partial charge in [0, 0.05) is 30.2 Å². The lowest BCUT2D eigenvalue weighted by molar-refractivity contribution is -0.126. The molecule has 0 radical (unpaired) electrons. The predicted molar refractivity (Wildman–Crippen MR) is 108 cm³/mol. The van der Waals surface area contributed by atoms with Crippen LogP contribution in [-0.4, -0.2) is 36.3 Å². The number of rotatable bonds is 5. The molecule has 2 aromatic carbocycles. The van der Waals surface area contributed by atoms with Gasteiger partial charge in [-0.15, -0.1) is 0 Å². The van der Waals surface area contributed by atoms with E-state index in [4.69, 9.17) is 11.6 Å². The van der Waals surface area contributed by atoms with Gasteiger partial charge in [-0.25, -0.2) is 0 Å². The minimum absolute atomic E-state index is 0.0331. The summed E-state index contributed by atoms with van der Waals surface area (Å²) in [7, 11) is 0. The molecule has 1 saturated heterocycles. The van der Waals surface area contributed by atoms with Gasteiger partial charge in [0.25, 0.3) is 5.91 Å². The molecule has 1 aliphatic heterocycles. The molecular formula is C22H25ClN2O2. The molecular weight excluding hydrogens is 360 g/mol. The molecule has 27 heavy (non-hydrogen) atoms. The van der Waals surface area contributed by atoms with Gasteiger partial charge in [-0.2, -0.15) is 0 Å². The highest BCUT2D eigenvalue weighted by atomic mass is 35.5. The number of hydrogen-bond donors (Lipinski definition) is 1. The van der Waals surface area contributed by atoms with Crippen molar-refractivity contribution in [2.45, 2.75) is 26.2 Å². The summed E-state index contributed by atoms with van der Waals surface area (Å²) < 4.78 is 0. The van der Waals surface area contributed by atoms with Crippen LogP contribution in [0, 0.1) is 12.8 Å². The topological polar surface area (TPSA) is 49.4 Å². The first-order chi connectivity index (χ1) is 13.0. The SMILES string of the molecule is Cc1ccc(CCNC(=O)[C@H]2CCCN(C(=O)c3cccc(Cl)c3)C2)cc1. The van der Waals surface area contributed by atoms with Gasteiger partial charge in [0.1, 0.15) is 0 Å². The maximum absolute atomic E-state index is 12.7. The Kier molecular flexibility index (Phi) is 6.51. The van der Waals surface area contributed by atoms with Gasteiger partial charge in [0.2, 0.25) is 5.91 Å². The number of carbonyl (C=O) groups is 2. The quantitative estimate of drug-likeness (QED) is 0.850. The zero-order chi connectivity index (χ0) is 19.2. The predicted octanol–water partition coefficient (Wildman–Crippen LogP) is 3.86. The normalized spacial score (nSPS) is 16.8. The molecule has 0 bridgehead atoms. The second-order valence-corrected chi connectivity index (χ2v) is 7.56. The lowest BCUT2D eigenvalue weighted by Crippen LogP contribution is -2.45. The van der Waals surface area contributed by atoms with E-state index < -0.39 is 0 Å². The Hall–Kier alpha value is -2.33. The molecule has 1 heterocycles. The summed E-state index contributed by atoms with van der Waals surface area (Å²) in [5.41, 5.74) is 3.01. The summed E-state index contributed by atoms with van der Waals surface area (Å²) in [4.78, 5) is 27.0. The molecule has 1 aliphatic rings. The lowest BCUT2D eigenvalue weighted by atomic mass is 9.96. The Balaban J connectivity index is 1.51. The number of aryl methyl sites for hydroxylation is 1. The molecule has 0 saturated carbocycles. The lowest BCUT2D eigenvalue weighted by Gasteiger charge is -2.32. The number of nitrogens with zero attached hydrogens (tertiary/aromatic N) is 1. The summed E-state index contributed by atoms with van der Waals surface area (Å²) >= 11 is 5.99. The maximum atomic E-state index is 12.7. The average molecular weight is 385 g/mol. The van der Waals surface area contributed by atoms with Crippen molar-refractivity contribution in [1.82, 2.24) is 10.2 Å². The van der Waals surface area contributed by atoms with Gasteiger partial charge in [0.05, 0.1) is 5.92 Å². The zero-order valence-corrected chi connectivity index (χ0v) is 16.3. The molecule has 1 atom stereocenters. The van der Waals surface area contributed by atoms with Gasteiger partial charge in [-0.05, 0) is 49.9 Å². The van der Waals surface area contributed by atoms with Crippen molar-refractivity contribution in [3.8, 4) is 0 Å². The third kappa shape index (κ3) is 5.33. The Morgan fingerprint density at radius 3 is 2.70 bits per heavy atom. The van der Waals surface area contributed by atoms with Crippen LogP contribution in [-0.2, 0) is 11.2 Å². The molecule has 1 fully saturated rings. The molecule has 0 aromatic heterocycles. The highest BCUT2D eigenvalue weighted by molar-refractivity contribution is 6.30. The first kappa shape index (κ1) is 19.4. The number of piperidine rings is 1. The molecule has 2 amide bonds. The van der Waals surface area contributed by atoms with Crippen LogP contribution in [0.2, 0.25) is 5.02 Å². The highest BCUT2D eigenvalue weighted by Gasteiger charge is 2.28. The first-order valence-corrected chi connectivity index (χ1v) is 9.79. The molecule has 0 aliphatic carbocycles. The largest absolute Gasteiger partial charge is 0.355 e. The molecule has 3 rings (SSSR count). The summed E-state index contributed by atoms with van der Waals surface area (Å²) in [5.74, 6) is -0.180. The average Bonchev–Trinajstić information content (AvgIpc) is 2.69. The number of hydrogen-bond acceptors (Lipinski definition) is 2. The molecule has 5 heteroatoms. The third-order valence-corrected chi connectivity index (χ3v) is 5.22. The van der Waals surface area contributed by atoms with E-state index >= 15 is 0 Å². The molecule has 0 spiro atoms. The fourth-order valence-corrected chi connectivity index (χ4v) is 3.60. The summed E-state index contributed by atoms with van der Waals surface area (Å²) in [6, 6.07) is 15.3. The first-order valence-electron chi connectivity index (χ1n) is 9.41. The van der Waals surface area contributed by atoms with Crippen LogP contribution in [0.5, 0.6) is 0 Å². The van der Waals surface area contributed by atoms with E-state index in [9.17, 15) is 9.59 Å². The second-order valence-electron chi connectivity index (χ2n) is 7.13. The smallest absolute Gasteiger partial charge is 0.253 e. The standard InChI is InChI=1S/C22H25ClN2O2/c1-16-7-9-17(10-8-16)11-12-24-21(26)19-5-3-13-25(15-19)22(27)18-4-2-6-20(23)14-18/h2,4,6-10,14,19H,3,5,11-13,15H2,1H3,(H,24,26)/t19-/m0/s1. The van der Waals surface area contributed by atoms with E-state index in [0.29, 0.717) is 30.2 Å². The number of amides is 2. The molecule has 142 valence electrons. The van der Waals surface area contributed by atoms with Crippen molar-refractivity contribution in [3.63, 3.8) is 0 Å². The Bertz CT molecular complexity index is 804. The van der Waals surface area contributed by atoms with Crippen LogP contribution in [0.3, 0.4) is 0 Å². The molecule has 1 N–H and O–H groups in total. The van der Waals surface area contributed by atoms with Gasteiger partial charge in [0.15, 0.2) is 0 Å². The third-order valence-electron chi connectivity index (χ3n) is 4.98. The Labute approximate surface area is 165 Å². The van der Waals surface area contributed by atoms with Gasteiger partial charge < -0.3 is 10.2 Å². The van der Waals surface area contributed by atoms with Crippen molar-refractivity contribution in [2.75, 3.05) is 19.6 Å². The highest BCUT2D eigenvalue weighted by Crippen LogP contribution is 2.20. The maximum Gasteiger partial charge on any atom is 0.253 e. The summed E-state index contributed by atoms with van der Waals surface area (Å²) in [6.07, 6.45) is 2.46. The van der Waals surface area contributed by atoms with Crippen molar-refractivity contribution >= 4 is 23.4 Å². The van der Waals surface area contributed by atoms with E-state index in [0.717, 1.165) is 19.3 Å². The van der Waals surface area contributed by atoms with Crippen LogP contribution in [0.25, 0.3) is 0 Å². The second kappa shape index (κ2) is 9.05. The zero-order valence-electron chi connectivity index (χ0n) is 15.6. The fraction of sp³-hybridized carbons (Fsp3) is 0.364. The van der Waals surface area contributed by atoms with E-state index in [1.165, 1.54) is 11.1 Å². The van der Waals surface area contributed by atoms with Crippen molar-refractivity contribution in [3.05, 3.63) is 70.2 Å². The minimum Gasteiger partial charge on any atom is -0.355 e. The Morgan fingerprint density at radius 1 is 1.19 bits per heavy atom. The van der Waals surface area contributed by atoms with E-state index in [1.807, 2.05) is 0 Å². The Morgan fingerprint density at radius 2 is 1.96 bits per heavy atom. The number of nitrogens with one attached hydrogen (secondary N) is 1. The van der Waals surface area contributed by atoms with Crippen LogP contribution in [0.4, 0.5) is 0 Å². The van der Waals surface area contributed by atoms with Crippen LogP contribution < -0.4 is 5.32 Å². The van der Waals surface area contributed by atoms with E-state index in [2.05, 4.69) is 36.5 Å². The number of carbonyl (C=O) groups excluding carboxylic acids is 2. The van der Waals surface area contributed by atoms with Crippen molar-refractivity contribution < 1.29 is 9.59 Å². The fourth-order valence-electron chi connectivity index (χ4n) is 3.41. The van der Waals surface area contributed by atoms with Gasteiger partial charge in [-0.3, -0.25) is 9.59 Å². The minimum atomic E-state index is -0.153.